The van der Waals surface area contributed by atoms with Crippen molar-refractivity contribution in [3.05, 3.63) is 41.9 Å². The molecule has 3 aromatic heterocycles. The number of nitriles is 1. The quantitative estimate of drug-likeness (QED) is 0.434. The van der Waals surface area contributed by atoms with E-state index in [1.54, 1.807) is 30.0 Å². The van der Waals surface area contributed by atoms with E-state index in [0.29, 0.717) is 28.3 Å². The normalized spacial score (nSPS) is 19.0. The number of nitrogens with zero attached hydrogens (tertiary/aromatic N) is 5. The summed E-state index contributed by atoms with van der Waals surface area (Å²) in [6, 6.07) is 5.55. The third-order valence-electron chi connectivity index (χ3n) is 6.48. The summed E-state index contributed by atoms with van der Waals surface area (Å²) in [6.07, 6.45) is 6.64. The average Bonchev–Trinajstić information content (AvgIpc) is 3.30. The predicted octanol–water partition coefficient (Wildman–Crippen LogP) is 2.87. The van der Waals surface area contributed by atoms with E-state index in [2.05, 4.69) is 25.7 Å². The van der Waals surface area contributed by atoms with Crippen molar-refractivity contribution in [2.24, 2.45) is 0 Å². The van der Waals surface area contributed by atoms with Crippen LogP contribution >= 0.6 is 0 Å². The molecule has 1 aliphatic rings. The highest BCUT2D eigenvalue weighted by Gasteiger charge is 2.28. The van der Waals surface area contributed by atoms with Gasteiger partial charge in [0.15, 0.2) is 5.65 Å². The Bertz CT molecular complexity index is 1270. The third kappa shape index (κ3) is 5.61. The van der Waals surface area contributed by atoms with Crippen molar-refractivity contribution in [3.8, 4) is 17.5 Å². The summed E-state index contributed by atoms with van der Waals surface area (Å²) < 4.78 is 21.3. The zero-order valence-electron chi connectivity index (χ0n) is 20.5. The molecule has 1 saturated carbocycles. The number of aromatic nitrogens is 4. The fourth-order valence-corrected chi connectivity index (χ4v) is 4.20. The van der Waals surface area contributed by atoms with E-state index < -0.39 is 17.7 Å². The van der Waals surface area contributed by atoms with Crippen LogP contribution in [0.3, 0.4) is 0 Å². The van der Waals surface area contributed by atoms with Gasteiger partial charge >= 0.3 is 0 Å². The maximum absolute atomic E-state index is 14.2. The number of hydrogen-bond donors (Lipinski definition) is 3. The van der Waals surface area contributed by atoms with Crippen LogP contribution in [0, 0.1) is 11.3 Å². The molecule has 0 aliphatic heterocycles. The van der Waals surface area contributed by atoms with Crippen LogP contribution in [0.5, 0.6) is 0 Å². The summed E-state index contributed by atoms with van der Waals surface area (Å²) in [5.74, 6) is -0.496. The average molecular weight is 496 g/mol. The van der Waals surface area contributed by atoms with Gasteiger partial charge in [0.1, 0.15) is 17.9 Å². The van der Waals surface area contributed by atoms with Crippen LogP contribution in [0.4, 0.5) is 10.1 Å². The molecule has 1 fully saturated rings. The first-order valence-electron chi connectivity index (χ1n) is 11.9. The summed E-state index contributed by atoms with van der Waals surface area (Å²) in [6.45, 7) is 2.38. The number of carbonyl (C=O) groups is 1. The van der Waals surface area contributed by atoms with Crippen molar-refractivity contribution in [1.29, 1.82) is 5.26 Å². The molecule has 1 amide bonds. The minimum Gasteiger partial charge on any atom is -0.387 e. The minimum atomic E-state index is -1.63. The van der Waals surface area contributed by atoms with Gasteiger partial charge in [-0.15, -0.1) is 0 Å². The van der Waals surface area contributed by atoms with Gasteiger partial charge in [-0.2, -0.15) is 10.4 Å². The standard InChI is InChI=1S/C25H30FN7O3/c1-25(2,35)22(26)14-30-24(34)18-12-28-20(9-19(18)32-16-4-6-17(36-3)7-5-16)21-13-29-23-8-15(10-27)11-31-33(21)23/h8-9,11-13,16-17,22,35H,4-7,14H2,1-3H3,(H,28,32)(H,30,34)/t16?,17?,22-/m1/s1. The second-order valence-corrected chi connectivity index (χ2v) is 9.57. The van der Waals surface area contributed by atoms with Crippen LogP contribution in [-0.2, 0) is 4.74 Å². The van der Waals surface area contributed by atoms with E-state index in [1.807, 2.05) is 6.07 Å². The van der Waals surface area contributed by atoms with Crippen molar-refractivity contribution < 1.29 is 19.0 Å². The van der Waals surface area contributed by atoms with Crippen LogP contribution in [0.15, 0.2) is 30.7 Å². The first kappa shape index (κ1) is 25.5. The fraction of sp³-hybridized carbons (Fsp3) is 0.480. The van der Waals surface area contributed by atoms with Gasteiger partial charge in [0.25, 0.3) is 5.91 Å². The fourth-order valence-electron chi connectivity index (χ4n) is 4.20. The molecule has 3 aromatic rings. The van der Waals surface area contributed by atoms with Gasteiger partial charge < -0.3 is 20.5 Å². The Kier molecular flexibility index (Phi) is 7.47. The second-order valence-electron chi connectivity index (χ2n) is 9.57. The Hall–Kier alpha value is -3.62. The lowest BCUT2D eigenvalue weighted by atomic mass is 9.92. The van der Waals surface area contributed by atoms with Crippen molar-refractivity contribution in [3.63, 3.8) is 0 Å². The summed E-state index contributed by atoms with van der Waals surface area (Å²) in [7, 11) is 1.71. The van der Waals surface area contributed by atoms with Crippen LogP contribution < -0.4 is 10.6 Å². The summed E-state index contributed by atoms with van der Waals surface area (Å²) >= 11 is 0. The van der Waals surface area contributed by atoms with Crippen molar-refractivity contribution in [2.45, 2.75) is 63.4 Å². The molecule has 11 heteroatoms. The smallest absolute Gasteiger partial charge is 0.255 e. The number of halogens is 1. The van der Waals surface area contributed by atoms with E-state index in [1.165, 1.54) is 26.2 Å². The van der Waals surface area contributed by atoms with E-state index in [-0.39, 0.29) is 24.3 Å². The molecule has 0 radical (unpaired) electrons. The van der Waals surface area contributed by atoms with Crippen LogP contribution in [0.2, 0.25) is 0 Å². The Morgan fingerprint density at radius 2 is 2.03 bits per heavy atom. The topological polar surface area (TPSA) is 137 Å². The largest absolute Gasteiger partial charge is 0.387 e. The molecule has 10 nitrogen and oxygen atoms in total. The number of amides is 1. The van der Waals surface area contributed by atoms with E-state index in [9.17, 15) is 14.3 Å². The molecule has 0 unspecified atom stereocenters. The first-order chi connectivity index (χ1) is 17.2. The third-order valence-corrected chi connectivity index (χ3v) is 6.48. The lowest BCUT2D eigenvalue weighted by molar-refractivity contribution is -0.00177. The molecule has 0 spiro atoms. The molecule has 36 heavy (non-hydrogen) atoms. The monoisotopic (exact) mass is 495 g/mol. The molecule has 1 aliphatic carbocycles. The van der Waals surface area contributed by atoms with Crippen LogP contribution in [0.1, 0.15) is 55.5 Å². The molecule has 0 bridgehead atoms. The number of aliphatic hydroxyl groups is 1. The SMILES string of the molecule is COC1CCC(Nc2cc(-c3cnc4cc(C#N)cnn34)ncc2C(=O)NC[C@@H](F)C(C)(C)O)CC1. The van der Waals surface area contributed by atoms with Gasteiger partial charge in [0, 0.05) is 25.4 Å². The number of nitrogens with one attached hydrogen (secondary N) is 2. The van der Waals surface area contributed by atoms with Gasteiger partial charge in [-0.25, -0.2) is 13.9 Å². The highest BCUT2D eigenvalue weighted by Crippen LogP contribution is 2.28. The molecule has 190 valence electrons. The lowest BCUT2D eigenvalue weighted by Gasteiger charge is -2.29. The van der Waals surface area contributed by atoms with Crippen LogP contribution in [-0.4, -0.2) is 68.2 Å². The van der Waals surface area contributed by atoms with Crippen molar-refractivity contribution >= 4 is 17.2 Å². The van der Waals surface area contributed by atoms with Gasteiger partial charge in [0.2, 0.25) is 0 Å². The number of ether oxygens (including phenoxy) is 1. The zero-order valence-corrected chi connectivity index (χ0v) is 20.5. The number of carbonyl (C=O) groups excluding carboxylic acids is 1. The molecule has 1 atom stereocenters. The number of rotatable bonds is 8. The Morgan fingerprint density at radius 3 is 2.69 bits per heavy atom. The van der Waals surface area contributed by atoms with E-state index in [0.717, 1.165) is 25.7 Å². The number of fused-ring (bicyclic) bond motifs is 1. The number of anilines is 1. The molecule has 3 N–H and O–H groups in total. The molecule has 0 saturated heterocycles. The summed E-state index contributed by atoms with van der Waals surface area (Å²) in [4.78, 5) is 21.8. The van der Waals surface area contributed by atoms with Gasteiger partial charge in [0.05, 0.1) is 53.2 Å². The van der Waals surface area contributed by atoms with E-state index >= 15 is 0 Å². The molecule has 3 heterocycles. The number of pyridine rings is 1. The minimum absolute atomic E-state index is 0.127. The summed E-state index contributed by atoms with van der Waals surface area (Å²) in [5.41, 5.74) is 1.27. The van der Waals surface area contributed by atoms with E-state index in [4.69, 9.17) is 10.00 Å². The van der Waals surface area contributed by atoms with Crippen LogP contribution in [0.25, 0.3) is 17.0 Å². The highest BCUT2D eigenvalue weighted by molar-refractivity contribution is 6.00. The number of alkyl halides is 1. The maximum Gasteiger partial charge on any atom is 0.255 e. The maximum atomic E-state index is 14.2. The van der Waals surface area contributed by atoms with Crippen molar-refractivity contribution in [2.75, 3.05) is 19.0 Å². The molecular formula is C25H30FN7O3. The zero-order chi connectivity index (χ0) is 25.9. The lowest BCUT2D eigenvalue weighted by Crippen LogP contribution is -2.42. The number of imidazole rings is 1. The Balaban J connectivity index is 1.64. The van der Waals surface area contributed by atoms with Gasteiger partial charge in [-0.05, 0) is 45.6 Å². The molecule has 0 aromatic carbocycles. The highest BCUT2D eigenvalue weighted by atomic mass is 19.1. The molecule has 4 rings (SSSR count). The van der Waals surface area contributed by atoms with Gasteiger partial charge in [-0.3, -0.25) is 9.78 Å². The van der Waals surface area contributed by atoms with Crippen molar-refractivity contribution in [1.82, 2.24) is 24.9 Å². The van der Waals surface area contributed by atoms with Gasteiger partial charge in [-0.1, -0.05) is 0 Å². The predicted molar refractivity (Wildman–Crippen MR) is 131 cm³/mol. The Labute approximate surface area is 208 Å². The first-order valence-corrected chi connectivity index (χ1v) is 11.9. The molecular weight excluding hydrogens is 465 g/mol. The summed E-state index contributed by atoms with van der Waals surface area (Å²) in [5, 5.41) is 29.3. The number of hydrogen-bond acceptors (Lipinski definition) is 8. The Morgan fingerprint density at radius 1 is 1.28 bits per heavy atom. The second kappa shape index (κ2) is 10.6. The number of methoxy groups -OCH3 is 1.